The van der Waals surface area contributed by atoms with Crippen LogP contribution in [0.4, 0.5) is 0 Å². The number of aryl methyl sites for hydroxylation is 2. The van der Waals surface area contributed by atoms with Gasteiger partial charge in [0.1, 0.15) is 0 Å². The monoisotopic (exact) mass is 512 g/mol. The smallest absolute Gasteiger partial charge is 0.252 e. The second kappa shape index (κ2) is 9.05. The van der Waals surface area contributed by atoms with Crippen LogP contribution in [-0.4, -0.2) is 15.9 Å². The number of hydrogen-bond acceptors (Lipinski definition) is 3. The van der Waals surface area contributed by atoms with Gasteiger partial charge in [-0.2, -0.15) is 0 Å². The van der Waals surface area contributed by atoms with Gasteiger partial charge in [-0.15, -0.1) is 0 Å². The Labute approximate surface area is 206 Å². The molecular formula is C28H25BrN4O. The molecule has 0 atom stereocenters. The van der Waals surface area contributed by atoms with E-state index in [1.165, 1.54) is 0 Å². The Balaban J connectivity index is 1.58. The second-order valence-electron chi connectivity index (χ2n) is 8.60. The van der Waals surface area contributed by atoms with Crippen LogP contribution in [0.25, 0.3) is 33.1 Å². The highest BCUT2D eigenvalue weighted by Gasteiger charge is 2.17. The highest BCUT2D eigenvalue weighted by atomic mass is 79.9. The molecule has 4 N–H and O–H groups in total. The number of nitrogens with zero attached hydrogens (tertiary/aromatic N) is 1. The van der Waals surface area contributed by atoms with E-state index >= 15 is 0 Å². The lowest BCUT2D eigenvalue weighted by Crippen LogP contribution is -2.23. The van der Waals surface area contributed by atoms with Gasteiger partial charge < -0.3 is 16.0 Å². The van der Waals surface area contributed by atoms with E-state index < -0.39 is 0 Å². The molecule has 5 nitrogen and oxygen atoms in total. The molecule has 2 heterocycles. The summed E-state index contributed by atoms with van der Waals surface area (Å²) in [5.74, 6) is -0.124. The first kappa shape index (κ1) is 22.3. The summed E-state index contributed by atoms with van der Waals surface area (Å²) in [5.41, 5.74) is 14.2. The summed E-state index contributed by atoms with van der Waals surface area (Å²) >= 11 is 3.57. The van der Waals surface area contributed by atoms with Gasteiger partial charge in [0, 0.05) is 45.6 Å². The normalized spacial score (nSPS) is 11.3. The van der Waals surface area contributed by atoms with Crippen molar-refractivity contribution >= 4 is 43.6 Å². The van der Waals surface area contributed by atoms with Crippen molar-refractivity contribution in [2.75, 3.05) is 0 Å². The van der Waals surface area contributed by atoms with Gasteiger partial charge in [-0.05, 0) is 72.5 Å². The molecule has 170 valence electrons. The lowest BCUT2D eigenvalue weighted by molar-refractivity contribution is 0.0952. The number of carbonyl (C=O) groups is 1. The van der Waals surface area contributed by atoms with Gasteiger partial charge in [-0.25, -0.2) is 4.98 Å². The summed E-state index contributed by atoms with van der Waals surface area (Å²) in [5, 5.41) is 4.99. The average molecular weight is 513 g/mol. The standard InChI is InChI=1S/C28H25BrN4O/c1-16-9-21-23(28(34)32-14-19-5-3-18(13-30)4-6-19)12-27(33-26(21)10-17(16)2)24-15-31-25-8-7-20(29)11-22(24)25/h3-12,15,31H,13-14,30H2,1-2H3,(H,32,34). The van der Waals surface area contributed by atoms with E-state index in [0.29, 0.717) is 18.7 Å². The minimum atomic E-state index is -0.124. The van der Waals surface area contributed by atoms with Crippen molar-refractivity contribution in [3.63, 3.8) is 0 Å². The number of aromatic nitrogens is 2. The predicted octanol–water partition coefficient (Wildman–Crippen LogP) is 6.15. The molecule has 6 heteroatoms. The fourth-order valence-corrected chi connectivity index (χ4v) is 4.55. The number of halogens is 1. The fraction of sp³-hybridized carbons (Fsp3) is 0.143. The zero-order valence-corrected chi connectivity index (χ0v) is 20.7. The summed E-state index contributed by atoms with van der Waals surface area (Å²) in [7, 11) is 0. The molecule has 0 fully saturated rings. The Morgan fingerprint density at radius 1 is 0.971 bits per heavy atom. The third-order valence-electron chi connectivity index (χ3n) is 6.30. The van der Waals surface area contributed by atoms with E-state index in [-0.39, 0.29) is 5.91 Å². The minimum absolute atomic E-state index is 0.124. The Morgan fingerprint density at radius 3 is 2.47 bits per heavy atom. The summed E-state index contributed by atoms with van der Waals surface area (Å²) in [6.07, 6.45) is 1.95. The molecule has 5 rings (SSSR count). The fourth-order valence-electron chi connectivity index (χ4n) is 4.19. The number of rotatable bonds is 5. The van der Waals surface area contributed by atoms with Gasteiger partial charge >= 0.3 is 0 Å². The molecule has 0 aliphatic carbocycles. The van der Waals surface area contributed by atoms with Crippen molar-refractivity contribution in [2.24, 2.45) is 5.73 Å². The van der Waals surface area contributed by atoms with E-state index in [4.69, 9.17) is 10.7 Å². The van der Waals surface area contributed by atoms with Gasteiger partial charge in [0.15, 0.2) is 0 Å². The molecule has 0 radical (unpaired) electrons. The SMILES string of the molecule is Cc1cc2nc(-c3c[nH]c4ccc(Br)cc34)cc(C(=O)NCc3ccc(CN)cc3)c2cc1C. The zero-order valence-electron chi connectivity index (χ0n) is 19.1. The van der Waals surface area contributed by atoms with Gasteiger partial charge in [0.05, 0.1) is 16.8 Å². The average Bonchev–Trinajstić information content (AvgIpc) is 3.26. The first-order chi connectivity index (χ1) is 16.4. The maximum absolute atomic E-state index is 13.4. The van der Waals surface area contributed by atoms with Crippen molar-refractivity contribution in [2.45, 2.75) is 26.9 Å². The number of aromatic amines is 1. The summed E-state index contributed by atoms with van der Waals surface area (Å²) < 4.78 is 0.992. The van der Waals surface area contributed by atoms with E-state index in [1.54, 1.807) is 0 Å². The Bertz CT molecular complexity index is 1540. The lowest BCUT2D eigenvalue weighted by Gasteiger charge is -2.12. The van der Waals surface area contributed by atoms with Crippen LogP contribution in [0, 0.1) is 13.8 Å². The predicted molar refractivity (Wildman–Crippen MR) is 142 cm³/mol. The van der Waals surface area contributed by atoms with Crippen LogP contribution >= 0.6 is 15.9 Å². The van der Waals surface area contributed by atoms with Gasteiger partial charge in [-0.1, -0.05) is 40.2 Å². The Morgan fingerprint density at radius 2 is 1.71 bits per heavy atom. The van der Waals surface area contributed by atoms with Crippen LogP contribution in [0.15, 0.2) is 71.3 Å². The van der Waals surface area contributed by atoms with Crippen LogP contribution < -0.4 is 11.1 Å². The summed E-state index contributed by atoms with van der Waals surface area (Å²) in [6.45, 7) is 5.06. The van der Waals surface area contributed by atoms with E-state index in [1.807, 2.05) is 48.7 Å². The zero-order chi connectivity index (χ0) is 23.8. The molecule has 0 saturated carbocycles. The highest BCUT2D eigenvalue weighted by molar-refractivity contribution is 9.10. The number of nitrogens with one attached hydrogen (secondary N) is 2. The van der Waals surface area contributed by atoms with Crippen LogP contribution in [0.2, 0.25) is 0 Å². The van der Waals surface area contributed by atoms with Crippen molar-refractivity contribution in [3.8, 4) is 11.3 Å². The van der Waals surface area contributed by atoms with Crippen LogP contribution in [0.5, 0.6) is 0 Å². The number of nitrogens with two attached hydrogens (primary N) is 1. The number of hydrogen-bond donors (Lipinski definition) is 3. The molecule has 3 aromatic carbocycles. The van der Waals surface area contributed by atoms with Crippen molar-refractivity contribution in [1.82, 2.24) is 15.3 Å². The first-order valence-electron chi connectivity index (χ1n) is 11.2. The molecular weight excluding hydrogens is 488 g/mol. The Hall–Kier alpha value is -3.48. The van der Waals surface area contributed by atoms with Crippen molar-refractivity contribution in [1.29, 1.82) is 0 Å². The molecule has 0 unspecified atom stereocenters. The molecule has 2 aromatic heterocycles. The molecule has 0 bridgehead atoms. The number of benzene rings is 3. The Kier molecular flexibility index (Phi) is 5.94. The first-order valence-corrected chi connectivity index (χ1v) is 12.0. The molecule has 1 amide bonds. The number of amides is 1. The van der Waals surface area contributed by atoms with Gasteiger partial charge in [0.25, 0.3) is 5.91 Å². The third-order valence-corrected chi connectivity index (χ3v) is 6.79. The lowest BCUT2D eigenvalue weighted by atomic mass is 9.99. The summed E-state index contributed by atoms with van der Waals surface area (Å²) in [6, 6.07) is 20.1. The maximum atomic E-state index is 13.4. The van der Waals surface area contributed by atoms with Crippen LogP contribution in [0.1, 0.15) is 32.6 Å². The number of pyridine rings is 1. The van der Waals surface area contributed by atoms with Crippen molar-refractivity contribution < 1.29 is 4.79 Å². The molecule has 0 aliphatic heterocycles. The molecule has 0 saturated heterocycles. The molecule has 5 aromatic rings. The second-order valence-corrected chi connectivity index (χ2v) is 9.52. The van der Waals surface area contributed by atoms with Gasteiger partial charge in [0.2, 0.25) is 0 Å². The van der Waals surface area contributed by atoms with Gasteiger partial charge in [-0.3, -0.25) is 4.79 Å². The van der Waals surface area contributed by atoms with E-state index in [9.17, 15) is 4.79 Å². The number of fused-ring (bicyclic) bond motifs is 2. The van der Waals surface area contributed by atoms with E-state index in [0.717, 1.165) is 59.8 Å². The van der Waals surface area contributed by atoms with Crippen LogP contribution in [-0.2, 0) is 13.1 Å². The third kappa shape index (κ3) is 4.22. The number of carbonyl (C=O) groups excluding carboxylic acids is 1. The topological polar surface area (TPSA) is 83.8 Å². The molecule has 0 aliphatic rings. The highest BCUT2D eigenvalue weighted by Crippen LogP contribution is 2.33. The number of H-pyrrole nitrogens is 1. The molecule has 34 heavy (non-hydrogen) atoms. The maximum Gasteiger partial charge on any atom is 0.252 e. The minimum Gasteiger partial charge on any atom is -0.360 e. The van der Waals surface area contributed by atoms with Crippen LogP contribution in [0.3, 0.4) is 0 Å². The quantitative estimate of drug-likeness (QED) is 0.264. The summed E-state index contributed by atoms with van der Waals surface area (Å²) in [4.78, 5) is 21.7. The van der Waals surface area contributed by atoms with Crippen molar-refractivity contribution in [3.05, 3.63) is 99.2 Å². The van der Waals surface area contributed by atoms with E-state index in [2.05, 4.69) is 58.3 Å². The largest absolute Gasteiger partial charge is 0.360 e. The molecule has 0 spiro atoms.